The number of thiazole rings is 1. The molecule has 158 valence electrons. The molecule has 2 aromatic carbocycles. The minimum Gasteiger partial charge on any atom is -0.444 e. The van der Waals surface area contributed by atoms with Gasteiger partial charge in [-0.1, -0.05) is 60.7 Å². The fourth-order valence-electron chi connectivity index (χ4n) is 3.38. The zero-order valence-corrected chi connectivity index (χ0v) is 18.1. The molecule has 0 spiro atoms. The van der Waals surface area contributed by atoms with Crippen LogP contribution in [0.5, 0.6) is 0 Å². The number of hydrogen-bond donors (Lipinski definition) is 2. The van der Waals surface area contributed by atoms with Crippen molar-refractivity contribution in [2.45, 2.75) is 51.3 Å². The normalized spacial score (nSPS) is 12.9. The molecule has 30 heavy (non-hydrogen) atoms. The van der Waals surface area contributed by atoms with Crippen LogP contribution < -0.4 is 11.1 Å². The Kier molecular flexibility index (Phi) is 8.41. The second-order valence-corrected chi connectivity index (χ2v) is 8.80. The lowest BCUT2D eigenvalue weighted by Crippen LogP contribution is -2.38. The van der Waals surface area contributed by atoms with Crippen molar-refractivity contribution in [3.63, 3.8) is 0 Å². The number of nitrogens with one attached hydrogen (secondary N) is 1. The average Bonchev–Trinajstić information content (AvgIpc) is 3.17. The molecule has 1 aromatic heterocycles. The van der Waals surface area contributed by atoms with Crippen LogP contribution in [-0.2, 0) is 24.2 Å². The van der Waals surface area contributed by atoms with E-state index in [1.807, 2.05) is 43.3 Å². The van der Waals surface area contributed by atoms with Crippen molar-refractivity contribution in [1.82, 2.24) is 10.3 Å². The highest BCUT2D eigenvalue weighted by molar-refractivity contribution is 7.11. The first-order valence-corrected chi connectivity index (χ1v) is 11.1. The van der Waals surface area contributed by atoms with Crippen LogP contribution in [-0.4, -0.2) is 23.2 Å². The molecule has 0 aliphatic carbocycles. The van der Waals surface area contributed by atoms with Gasteiger partial charge in [-0.15, -0.1) is 11.3 Å². The van der Waals surface area contributed by atoms with Crippen molar-refractivity contribution in [2.75, 3.05) is 0 Å². The van der Waals surface area contributed by atoms with Crippen LogP contribution in [0.15, 0.2) is 66.9 Å². The lowest BCUT2D eigenvalue weighted by Gasteiger charge is -2.21. The van der Waals surface area contributed by atoms with Crippen LogP contribution in [0.2, 0.25) is 0 Å². The minimum atomic E-state index is -0.404. The molecular weight excluding hydrogens is 394 g/mol. The van der Waals surface area contributed by atoms with E-state index >= 15 is 0 Å². The summed E-state index contributed by atoms with van der Waals surface area (Å²) < 4.78 is 5.40. The second-order valence-electron chi connectivity index (χ2n) is 7.48. The van der Waals surface area contributed by atoms with Crippen molar-refractivity contribution in [2.24, 2.45) is 5.73 Å². The van der Waals surface area contributed by atoms with Gasteiger partial charge in [0.05, 0.1) is 9.88 Å². The van der Waals surface area contributed by atoms with Gasteiger partial charge in [0.1, 0.15) is 6.61 Å². The molecule has 0 bridgehead atoms. The Balaban J connectivity index is 1.53. The maximum atomic E-state index is 12.4. The van der Waals surface area contributed by atoms with Crippen LogP contribution in [0.1, 0.15) is 33.9 Å². The van der Waals surface area contributed by atoms with Crippen molar-refractivity contribution < 1.29 is 9.53 Å². The van der Waals surface area contributed by atoms with Crippen molar-refractivity contribution in [3.8, 4) is 0 Å². The standard InChI is InChI=1S/C24H29N3O2S/c1-18-26-16-23(30-18)17-29-24(28)27-22(15-20-10-6-3-7-11-20)13-12-21(25)14-19-8-4-2-5-9-19/h2-11,16,21-22H,12-15,17,25H2,1H3,(H,27,28)/t21-,22-/m0/s1. The number of benzene rings is 2. The molecule has 0 aliphatic rings. The van der Waals surface area contributed by atoms with E-state index < -0.39 is 6.09 Å². The number of nitrogens with two attached hydrogens (primary N) is 1. The molecule has 1 amide bonds. The van der Waals surface area contributed by atoms with E-state index in [9.17, 15) is 4.79 Å². The fraction of sp³-hybridized carbons (Fsp3) is 0.333. The zero-order valence-electron chi connectivity index (χ0n) is 17.3. The summed E-state index contributed by atoms with van der Waals surface area (Å²) in [4.78, 5) is 17.5. The van der Waals surface area contributed by atoms with Gasteiger partial charge in [0, 0.05) is 18.3 Å². The van der Waals surface area contributed by atoms with Crippen LogP contribution >= 0.6 is 11.3 Å². The minimum absolute atomic E-state index is 0.0371. The molecule has 1 heterocycles. The van der Waals surface area contributed by atoms with E-state index in [0.717, 1.165) is 35.6 Å². The highest BCUT2D eigenvalue weighted by Gasteiger charge is 2.16. The summed E-state index contributed by atoms with van der Waals surface area (Å²) in [6, 6.07) is 20.4. The number of carbonyl (C=O) groups is 1. The third-order valence-electron chi connectivity index (χ3n) is 4.89. The Morgan fingerprint density at radius 1 is 1.03 bits per heavy atom. The average molecular weight is 424 g/mol. The van der Waals surface area contributed by atoms with Gasteiger partial charge in [-0.3, -0.25) is 0 Å². The van der Waals surface area contributed by atoms with Gasteiger partial charge in [0.2, 0.25) is 0 Å². The topological polar surface area (TPSA) is 77.2 Å². The molecule has 0 aliphatic heterocycles. The number of hydrogen-bond acceptors (Lipinski definition) is 5. The number of rotatable bonds is 10. The van der Waals surface area contributed by atoms with Gasteiger partial charge >= 0.3 is 6.09 Å². The molecule has 2 atom stereocenters. The largest absolute Gasteiger partial charge is 0.444 e. The maximum absolute atomic E-state index is 12.4. The fourth-order valence-corrected chi connectivity index (χ4v) is 4.08. The molecule has 3 aromatic rings. The summed E-state index contributed by atoms with van der Waals surface area (Å²) in [6.07, 6.45) is 4.52. The summed E-state index contributed by atoms with van der Waals surface area (Å²) in [5.74, 6) is 0. The predicted molar refractivity (Wildman–Crippen MR) is 121 cm³/mol. The molecule has 0 saturated carbocycles. The zero-order chi connectivity index (χ0) is 21.2. The smallest absolute Gasteiger partial charge is 0.407 e. The number of alkyl carbamates (subject to hydrolysis) is 1. The predicted octanol–water partition coefficient (Wildman–Crippen LogP) is 4.64. The first-order chi connectivity index (χ1) is 14.6. The lowest BCUT2D eigenvalue weighted by molar-refractivity contribution is 0.135. The van der Waals surface area contributed by atoms with E-state index in [0.29, 0.717) is 0 Å². The SMILES string of the molecule is Cc1ncc(COC(=O)N[C@@H](CC[C@H](N)Cc2ccccc2)Cc2ccccc2)s1. The first kappa shape index (κ1) is 22.0. The van der Waals surface area contributed by atoms with Crippen LogP contribution in [0.4, 0.5) is 4.79 Å². The Morgan fingerprint density at radius 2 is 1.67 bits per heavy atom. The summed E-state index contributed by atoms with van der Waals surface area (Å²) in [6.45, 7) is 2.17. The maximum Gasteiger partial charge on any atom is 0.407 e. The van der Waals surface area contributed by atoms with Crippen molar-refractivity contribution in [1.29, 1.82) is 0 Å². The number of ether oxygens (including phenoxy) is 1. The molecule has 3 N–H and O–H groups in total. The second kappa shape index (κ2) is 11.5. The summed E-state index contributed by atoms with van der Waals surface area (Å²) >= 11 is 1.53. The number of carbonyl (C=O) groups excluding carboxylic acids is 1. The van der Waals surface area contributed by atoms with E-state index in [-0.39, 0.29) is 18.7 Å². The monoisotopic (exact) mass is 423 g/mol. The number of aryl methyl sites for hydroxylation is 1. The summed E-state index contributed by atoms with van der Waals surface area (Å²) in [5.41, 5.74) is 8.78. The Labute approximate surface area is 182 Å². The van der Waals surface area contributed by atoms with Gasteiger partial charge in [-0.25, -0.2) is 9.78 Å². The summed E-state index contributed by atoms with van der Waals surface area (Å²) in [5, 5.41) is 3.99. The third-order valence-corrected chi connectivity index (χ3v) is 5.77. The lowest BCUT2D eigenvalue weighted by atomic mass is 9.96. The molecule has 0 saturated heterocycles. The van der Waals surface area contributed by atoms with E-state index in [1.165, 1.54) is 22.5 Å². The Hall–Kier alpha value is -2.70. The molecule has 0 radical (unpaired) electrons. The van der Waals surface area contributed by atoms with Crippen LogP contribution in [0.3, 0.4) is 0 Å². The Morgan fingerprint density at radius 3 is 2.27 bits per heavy atom. The molecule has 5 nitrogen and oxygen atoms in total. The van der Waals surface area contributed by atoms with E-state index in [2.05, 4.69) is 34.6 Å². The highest BCUT2D eigenvalue weighted by Crippen LogP contribution is 2.14. The molecule has 0 fully saturated rings. The first-order valence-electron chi connectivity index (χ1n) is 10.3. The molecular formula is C24H29N3O2S. The molecule has 0 unspecified atom stereocenters. The van der Waals surface area contributed by atoms with E-state index in [4.69, 9.17) is 10.5 Å². The van der Waals surface area contributed by atoms with Gasteiger partial charge in [-0.2, -0.15) is 0 Å². The van der Waals surface area contributed by atoms with Gasteiger partial charge < -0.3 is 15.8 Å². The van der Waals surface area contributed by atoms with Gasteiger partial charge in [-0.05, 0) is 43.7 Å². The molecule has 3 rings (SSSR count). The van der Waals surface area contributed by atoms with Crippen molar-refractivity contribution in [3.05, 3.63) is 87.9 Å². The highest BCUT2D eigenvalue weighted by atomic mass is 32.1. The number of aromatic nitrogens is 1. The van der Waals surface area contributed by atoms with Crippen LogP contribution in [0.25, 0.3) is 0 Å². The van der Waals surface area contributed by atoms with Crippen LogP contribution in [0, 0.1) is 6.92 Å². The Bertz CT molecular complexity index is 899. The number of nitrogens with zero attached hydrogens (tertiary/aromatic N) is 1. The third kappa shape index (κ3) is 7.61. The number of amides is 1. The van der Waals surface area contributed by atoms with E-state index in [1.54, 1.807) is 6.20 Å². The quantitative estimate of drug-likeness (QED) is 0.498. The van der Waals surface area contributed by atoms with Gasteiger partial charge in [0.15, 0.2) is 0 Å². The summed E-state index contributed by atoms with van der Waals surface area (Å²) in [7, 11) is 0. The van der Waals surface area contributed by atoms with Gasteiger partial charge in [0.25, 0.3) is 0 Å². The molecule has 6 heteroatoms. The van der Waals surface area contributed by atoms with Crippen molar-refractivity contribution >= 4 is 17.4 Å².